The van der Waals surface area contributed by atoms with E-state index in [4.69, 9.17) is 19.9 Å². The van der Waals surface area contributed by atoms with Crippen LogP contribution >= 0.6 is 0 Å². The van der Waals surface area contributed by atoms with Gasteiger partial charge in [-0.15, -0.1) is 0 Å². The summed E-state index contributed by atoms with van der Waals surface area (Å²) in [5.74, 6) is -0.816. The molecule has 3 atom stereocenters. The van der Waals surface area contributed by atoms with E-state index >= 15 is 0 Å². The lowest BCUT2D eigenvalue weighted by Crippen LogP contribution is -2.27. The van der Waals surface area contributed by atoms with E-state index in [0.29, 0.717) is 23.6 Å². The fourth-order valence-corrected chi connectivity index (χ4v) is 3.52. The number of nitrogens with two attached hydrogens (primary N) is 1. The van der Waals surface area contributed by atoms with Crippen molar-refractivity contribution in [1.82, 2.24) is 19.5 Å². The first-order chi connectivity index (χ1) is 12.9. The zero-order valence-corrected chi connectivity index (χ0v) is 15.3. The SMILES string of the molecule is CCOC(=O)/C=C/C1=C[C@@H](n2cnc3c(N)ncnc32)[C@@H]2OC(C)(C)O[C@H]12. The molecular formula is C18H21N5O4. The van der Waals surface area contributed by atoms with Gasteiger partial charge in [-0.3, -0.25) is 0 Å². The summed E-state index contributed by atoms with van der Waals surface area (Å²) in [4.78, 5) is 24.3. The highest BCUT2D eigenvalue weighted by Crippen LogP contribution is 2.44. The molecule has 4 rings (SSSR count). The van der Waals surface area contributed by atoms with Gasteiger partial charge in [0.15, 0.2) is 17.3 Å². The van der Waals surface area contributed by atoms with Crippen LogP contribution in [0.1, 0.15) is 26.8 Å². The minimum absolute atomic E-state index is 0.210. The minimum atomic E-state index is -0.741. The van der Waals surface area contributed by atoms with Crippen LogP contribution < -0.4 is 5.73 Å². The summed E-state index contributed by atoms with van der Waals surface area (Å²) in [5.41, 5.74) is 7.89. The van der Waals surface area contributed by atoms with Crippen molar-refractivity contribution in [3.63, 3.8) is 0 Å². The standard InChI is InChI=1S/C18H21N5O4/c1-4-25-12(24)6-5-10-7-11(15-14(10)26-18(2,3)27-15)23-9-22-13-16(19)20-8-21-17(13)23/h5-9,11,14-15H,4H2,1-3H3,(H2,19,20,21)/b6-5+/t11-,14-,15+/m1/s1. The smallest absolute Gasteiger partial charge is 0.330 e. The molecule has 1 aliphatic heterocycles. The molecule has 0 aromatic carbocycles. The molecule has 0 amide bonds. The third-order valence-corrected chi connectivity index (χ3v) is 4.56. The highest BCUT2D eigenvalue weighted by Gasteiger charge is 2.50. The summed E-state index contributed by atoms with van der Waals surface area (Å²) < 4.78 is 19.0. The van der Waals surface area contributed by atoms with Crippen molar-refractivity contribution in [2.75, 3.05) is 12.3 Å². The largest absolute Gasteiger partial charge is 0.463 e. The number of fused-ring (bicyclic) bond motifs is 2. The highest BCUT2D eigenvalue weighted by atomic mass is 16.8. The van der Waals surface area contributed by atoms with Crippen LogP contribution in [0.2, 0.25) is 0 Å². The number of hydrogen-bond acceptors (Lipinski definition) is 8. The Morgan fingerprint density at radius 3 is 2.96 bits per heavy atom. The molecule has 0 bridgehead atoms. The molecule has 2 aliphatic rings. The number of nitrogens with zero attached hydrogens (tertiary/aromatic N) is 4. The molecule has 0 saturated carbocycles. The van der Waals surface area contributed by atoms with E-state index in [1.54, 1.807) is 19.3 Å². The summed E-state index contributed by atoms with van der Waals surface area (Å²) in [6.07, 6.45) is 7.57. The Hall–Kier alpha value is -2.78. The van der Waals surface area contributed by atoms with Gasteiger partial charge < -0.3 is 24.5 Å². The van der Waals surface area contributed by atoms with Gasteiger partial charge in [-0.2, -0.15) is 0 Å². The number of aromatic nitrogens is 4. The summed E-state index contributed by atoms with van der Waals surface area (Å²) in [5, 5.41) is 0. The normalized spacial score (nSPS) is 26.5. The number of carbonyl (C=O) groups excluding carboxylic acids is 1. The number of ether oxygens (including phenoxy) is 3. The first-order valence-corrected chi connectivity index (χ1v) is 8.75. The number of esters is 1. The highest BCUT2D eigenvalue weighted by molar-refractivity contribution is 5.83. The number of rotatable bonds is 4. The summed E-state index contributed by atoms with van der Waals surface area (Å²) >= 11 is 0. The number of nitrogen functional groups attached to an aromatic ring is 1. The van der Waals surface area contributed by atoms with Crippen molar-refractivity contribution in [2.45, 2.75) is 44.8 Å². The minimum Gasteiger partial charge on any atom is -0.463 e. The molecule has 1 aliphatic carbocycles. The quantitative estimate of drug-likeness (QED) is 0.636. The van der Waals surface area contributed by atoms with E-state index in [-0.39, 0.29) is 18.2 Å². The van der Waals surface area contributed by atoms with Gasteiger partial charge >= 0.3 is 5.97 Å². The fourth-order valence-electron chi connectivity index (χ4n) is 3.52. The summed E-state index contributed by atoms with van der Waals surface area (Å²) in [6.45, 7) is 5.81. The maximum atomic E-state index is 11.7. The van der Waals surface area contributed by atoms with E-state index < -0.39 is 11.8 Å². The van der Waals surface area contributed by atoms with Crippen LogP contribution in [0.25, 0.3) is 11.2 Å². The molecule has 1 fully saturated rings. The van der Waals surface area contributed by atoms with Crippen LogP contribution in [0, 0.1) is 0 Å². The molecule has 27 heavy (non-hydrogen) atoms. The van der Waals surface area contributed by atoms with E-state index in [1.807, 2.05) is 24.5 Å². The molecule has 0 unspecified atom stereocenters. The molecule has 9 nitrogen and oxygen atoms in total. The van der Waals surface area contributed by atoms with Gasteiger partial charge in [0, 0.05) is 6.08 Å². The number of imidazole rings is 1. The molecule has 2 N–H and O–H groups in total. The summed E-state index contributed by atoms with van der Waals surface area (Å²) in [7, 11) is 0. The maximum absolute atomic E-state index is 11.7. The van der Waals surface area contributed by atoms with E-state index in [0.717, 1.165) is 5.57 Å². The lowest BCUT2D eigenvalue weighted by atomic mass is 10.1. The fraction of sp³-hybridized carbons (Fsp3) is 0.444. The van der Waals surface area contributed by atoms with Gasteiger partial charge in [-0.05, 0) is 32.4 Å². The third-order valence-electron chi connectivity index (χ3n) is 4.56. The molecule has 3 heterocycles. The predicted octanol–water partition coefficient (Wildman–Crippen LogP) is 1.53. The van der Waals surface area contributed by atoms with E-state index in [9.17, 15) is 4.79 Å². The van der Waals surface area contributed by atoms with Crippen LogP contribution in [0.5, 0.6) is 0 Å². The van der Waals surface area contributed by atoms with Crippen molar-refractivity contribution in [3.8, 4) is 0 Å². The Morgan fingerprint density at radius 2 is 2.19 bits per heavy atom. The predicted molar refractivity (Wildman–Crippen MR) is 96.5 cm³/mol. The third kappa shape index (κ3) is 3.08. The monoisotopic (exact) mass is 371 g/mol. The zero-order chi connectivity index (χ0) is 19.2. The van der Waals surface area contributed by atoms with Crippen molar-refractivity contribution >= 4 is 23.0 Å². The van der Waals surface area contributed by atoms with Gasteiger partial charge in [0.2, 0.25) is 0 Å². The average molecular weight is 371 g/mol. The van der Waals surface area contributed by atoms with Crippen LogP contribution in [0.3, 0.4) is 0 Å². The second-order valence-corrected chi connectivity index (χ2v) is 6.85. The van der Waals surface area contributed by atoms with Crippen molar-refractivity contribution < 1.29 is 19.0 Å². The maximum Gasteiger partial charge on any atom is 0.330 e. The van der Waals surface area contributed by atoms with Gasteiger partial charge in [0.25, 0.3) is 0 Å². The van der Waals surface area contributed by atoms with Gasteiger partial charge in [-0.1, -0.05) is 6.08 Å². The topological polar surface area (TPSA) is 114 Å². The zero-order valence-electron chi connectivity index (χ0n) is 15.3. The van der Waals surface area contributed by atoms with Crippen molar-refractivity contribution in [2.24, 2.45) is 0 Å². The molecule has 0 radical (unpaired) electrons. The van der Waals surface area contributed by atoms with Crippen molar-refractivity contribution in [1.29, 1.82) is 0 Å². The lowest BCUT2D eigenvalue weighted by Gasteiger charge is -2.21. The molecule has 142 valence electrons. The van der Waals surface area contributed by atoms with Crippen LogP contribution in [0.4, 0.5) is 5.82 Å². The number of hydrogen-bond donors (Lipinski definition) is 1. The number of anilines is 1. The molecule has 0 spiro atoms. The Labute approximate surface area is 155 Å². The Balaban J connectivity index is 1.72. The van der Waals surface area contributed by atoms with Gasteiger partial charge in [0.1, 0.15) is 24.1 Å². The lowest BCUT2D eigenvalue weighted by molar-refractivity contribution is -0.147. The Bertz CT molecular complexity index is 948. The summed E-state index contributed by atoms with van der Waals surface area (Å²) in [6, 6.07) is -0.210. The second-order valence-electron chi connectivity index (χ2n) is 6.85. The second kappa shape index (κ2) is 6.43. The molecule has 2 aromatic rings. The first-order valence-electron chi connectivity index (χ1n) is 8.75. The van der Waals surface area contributed by atoms with Crippen LogP contribution in [-0.2, 0) is 19.0 Å². The molecule has 9 heteroatoms. The molecule has 1 saturated heterocycles. The molecular weight excluding hydrogens is 350 g/mol. The van der Waals surface area contributed by atoms with E-state index in [2.05, 4.69) is 15.0 Å². The average Bonchev–Trinajstić information content (AvgIpc) is 3.25. The number of carbonyl (C=O) groups is 1. The first kappa shape index (κ1) is 17.6. The Kier molecular flexibility index (Phi) is 4.20. The van der Waals surface area contributed by atoms with Gasteiger partial charge in [0.05, 0.1) is 19.0 Å². The molecule has 2 aromatic heterocycles. The Morgan fingerprint density at radius 1 is 1.37 bits per heavy atom. The van der Waals surface area contributed by atoms with E-state index in [1.165, 1.54) is 12.4 Å². The van der Waals surface area contributed by atoms with Crippen molar-refractivity contribution in [3.05, 3.63) is 36.5 Å². The van der Waals surface area contributed by atoms with Crippen LogP contribution in [-0.4, -0.2) is 50.1 Å². The van der Waals surface area contributed by atoms with Gasteiger partial charge in [-0.25, -0.2) is 19.7 Å². The van der Waals surface area contributed by atoms with Crippen LogP contribution in [0.15, 0.2) is 36.5 Å².